The SMILES string of the molecule is C#CCOc1ccc(F)cc1NC(=O)CCNC(=O)c1cccs1. The number of ether oxygens (including phenoxy) is 1. The van der Waals surface area contributed by atoms with Crippen LogP contribution < -0.4 is 15.4 Å². The van der Waals surface area contributed by atoms with Crippen molar-refractivity contribution in [1.82, 2.24) is 5.32 Å². The molecule has 0 unspecified atom stereocenters. The lowest BCUT2D eigenvalue weighted by atomic mass is 10.2. The summed E-state index contributed by atoms with van der Waals surface area (Å²) in [7, 11) is 0. The fourth-order valence-corrected chi connectivity index (χ4v) is 2.48. The molecule has 1 heterocycles. The molecule has 0 radical (unpaired) electrons. The molecule has 0 aliphatic rings. The number of terminal acetylenes is 1. The number of hydrogen-bond donors (Lipinski definition) is 2. The van der Waals surface area contributed by atoms with Crippen LogP contribution >= 0.6 is 11.3 Å². The highest BCUT2D eigenvalue weighted by molar-refractivity contribution is 7.12. The molecule has 0 spiro atoms. The highest BCUT2D eigenvalue weighted by Crippen LogP contribution is 2.25. The Morgan fingerprint density at radius 2 is 2.17 bits per heavy atom. The van der Waals surface area contributed by atoms with Crippen LogP contribution in [-0.4, -0.2) is 25.0 Å². The summed E-state index contributed by atoms with van der Waals surface area (Å²) in [6.45, 7) is 0.170. The topological polar surface area (TPSA) is 67.4 Å². The molecule has 0 saturated carbocycles. The molecule has 0 aliphatic heterocycles. The molecule has 7 heteroatoms. The second kappa shape index (κ2) is 8.70. The number of carbonyl (C=O) groups excluding carboxylic acids is 2. The second-order valence-corrected chi connectivity index (χ2v) is 5.61. The third kappa shape index (κ3) is 5.11. The van der Waals surface area contributed by atoms with Crippen LogP contribution in [0, 0.1) is 18.2 Å². The quantitative estimate of drug-likeness (QED) is 0.758. The summed E-state index contributed by atoms with van der Waals surface area (Å²) in [6, 6.07) is 7.22. The zero-order valence-corrected chi connectivity index (χ0v) is 13.5. The highest BCUT2D eigenvalue weighted by Gasteiger charge is 2.11. The minimum Gasteiger partial charge on any atom is -0.479 e. The van der Waals surface area contributed by atoms with E-state index >= 15 is 0 Å². The highest BCUT2D eigenvalue weighted by atomic mass is 32.1. The van der Waals surface area contributed by atoms with E-state index in [1.54, 1.807) is 17.5 Å². The first-order chi connectivity index (χ1) is 11.6. The molecule has 124 valence electrons. The summed E-state index contributed by atoms with van der Waals surface area (Å²) in [5.41, 5.74) is 0.194. The Morgan fingerprint density at radius 3 is 2.88 bits per heavy atom. The van der Waals surface area contributed by atoms with Gasteiger partial charge in [-0.15, -0.1) is 17.8 Å². The third-order valence-electron chi connectivity index (χ3n) is 2.91. The summed E-state index contributed by atoms with van der Waals surface area (Å²) in [6.07, 6.45) is 5.16. The van der Waals surface area contributed by atoms with E-state index < -0.39 is 5.82 Å². The summed E-state index contributed by atoms with van der Waals surface area (Å²) < 4.78 is 18.6. The molecule has 0 aliphatic carbocycles. The van der Waals surface area contributed by atoms with E-state index in [0.29, 0.717) is 4.88 Å². The summed E-state index contributed by atoms with van der Waals surface area (Å²) in [5, 5.41) is 6.98. The maximum atomic E-state index is 13.3. The van der Waals surface area contributed by atoms with Crippen LogP contribution in [0.15, 0.2) is 35.7 Å². The van der Waals surface area contributed by atoms with E-state index in [2.05, 4.69) is 16.6 Å². The van der Waals surface area contributed by atoms with Gasteiger partial charge in [-0.2, -0.15) is 0 Å². The molecule has 1 aromatic carbocycles. The van der Waals surface area contributed by atoms with Crippen LogP contribution in [-0.2, 0) is 4.79 Å². The van der Waals surface area contributed by atoms with E-state index in [4.69, 9.17) is 11.2 Å². The van der Waals surface area contributed by atoms with Gasteiger partial charge in [0.25, 0.3) is 5.91 Å². The van der Waals surface area contributed by atoms with Gasteiger partial charge in [-0.3, -0.25) is 9.59 Å². The molecule has 2 N–H and O–H groups in total. The van der Waals surface area contributed by atoms with Gasteiger partial charge in [0.05, 0.1) is 10.6 Å². The van der Waals surface area contributed by atoms with Gasteiger partial charge in [0.2, 0.25) is 5.91 Å². The van der Waals surface area contributed by atoms with Crippen molar-refractivity contribution in [3.05, 3.63) is 46.4 Å². The Balaban J connectivity index is 1.87. The Kier molecular flexibility index (Phi) is 6.34. The first-order valence-electron chi connectivity index (χ1n) is 7.07. The molecular weight excluding hydrogens is 331 g/mol. The Labute approximate surface area is 142 Å². The maximum absolute atomic E-state index is 13.3. The smallest absolute Gasteiger partial charge is 0.261 e. The number of rotatable bonds is 7. The van der Waals surface area contributed by atoms with Crippen LogP contribution in [0.5, 0.6) is 5.75 Å². The van der Waals surface area contributed by atoms with Gasteiger partial charge in [-0.25, -0.2) is 4.39 Å². The predicted octanol–water partition coefficient (Wildman–Crippen LogP) is 2.66. The number of hydrogen-bond acceptors (Lipinski definition) is 4. The normalized spacial score (nSPS) is 9.83. The molecule has 0 bridgehead atoms. The fourth-order valence-electron chi connectivity index (χ4n) is 1.84. The summed E-state index contributed by atoms with van der Waals surface area (Å²) in [5.74, 6) is 1.46. The first-order valence-corrected chi connectivity index (χ1v) is 7.95. The zero-order chi connectivity index (χ0) is 17.4. The van der Waals surface area contributed by atoms with Gasteiger partial charge >= 0.3 is 0 Å². The van der Waals surface area contributed by atoms with Crippen molar-refractivity contribution in [2.45, 2.75) is 6.42 Å². The van der Waals surface area contributed by atoms with Crippen LogP contribution in [0.3, 0.4) is 0 Å². The number of carbonyl (C=O) groups is 2. The number of amides is 2. The molecule has 2 aromatic rings. The molecule has 5 nitrogen and oxygen atoms in total. The van der Waals surface area contributed by atoms with Crippen molar-refractivity contribution in [2.75, 3.05) is 18.5 Å². The number of nitrogens with one attached hydrogen (secondary N) is 2. The van der Waals surface area contributed by atoms with Gasteiger partial charge in [0.1, 0.15) is 18.2 Å². The average Bonchev–Trinajstić information content (AvgIpc) is 3.08. The van der Waals surface area contributed by atoms with Crippen LogP contribution in [0.4, 0.5) is 10.1 Å². The van der Waals surface area contributed by atoms with Crippen molar-refractivity contribution in [3.8, 4) is 18.1 Å². The van der Waals surface area contributed by atoms with E-state index in [-0.39, 0.29) is 42.8 Å². The monoisotopic (exact) mass is 346 g/mol. The van der Waals surface area contributed by atoms with Crippen molar-refractivity contribution in [1.29, 1.82) is 0 Å². The number of thiophene rings is 1. The van der Waals surface area contributed by atoms with E-state index in [1.807, 2.05) is 0 Å². The Hall–Kier alpha value is -2.85. The second-order valence-electron chi connectivity index (χ2n) is 4.66. The average molecular weight is 346 g/mol. The number of anilines is 1. The van der Waals surface area contributed by atoms with Gasteiger partial charge in [-0.05, 0) is 23.6 Å². The largest absolute Gasteiger partial charge is 0.479 e. The van der Waals surface area contributed by atoms with Crippen LogP contribution in [0.2, 0.25) is 0 Å². The van der Waals surface area contributed by atoms with Gasteiger partial charge in [0, 0.05) is 19.0 Å². The van der Waals surface area contributed by atoms with E-state index in [0.717, 1.165) is 6.07 Å². The fraction of sp³-hybridized carbons (Fsp3) is 0.176. The van der Waals surface area contributed by atoms with Crippen LogP contribution in [0.1, 0.15) is 16.1 Å². The van der Waals surface area contributed by atoms with E-state index in [9.17, 15) is 14.0 Å². The maximum Gasteiger partial charge on any atom is 0.261 e. The van der Waals surface area contributed by atoms with Crippen LogP contribution in [0.25, 0.3) is 0 Å². The van der Waals surface area contributed by atoms with Crippen molar-refractivity contribution in [2.24, 2.45) is 0 Å². The van der Waals surface area contributed by atoms with Gasteiger partial charge in [-0.1, -0.05) is 12.0 Å². The molecule has 0 atom stereocenters. The molecule has 24 heavy (non-hydrogen) atoms. The Morgan fingerprint density at radius 1 is 1.33 bits per heavy atom. The lowest BCUT2D eigenvalue weighted by Crippen LogP contribution is -2.27. The molecule has 0 fully saturated rings. The first kappa shape index (κ1) is 17.5. The lowest BCUT2D eigenvalue weighted by molar-refractivity contribution is -0.116. The van der Waals surface area contributed by atoms with Gasteiger partial charge < -0.3 is 15.4 Å². The molecular formula is C17H15FN2O3S. The zero-order valence-electron chi connectivity index (χ0n) is 12.7. The third-order valence-corrected chi connectivity index (χ3v) is 3.78. The predicted molar refractivity (Wildman–Crippen MR) is 90.6 cm³/mol. The number of halogens is 1. The van der Waals surface area contributed by atoms with E-state index in [1.165, 1.54) is 23.5 Å². The molecule has 2 amide bonds. The summed E-state index contributed by atoms with van der Waals surface area (Å²) >= 11 is 1.32. The minimum atomic E-state index is -0.510. The van der Waals surface area contributed by atoms with Gasteiger partial charge in [0.15, 0.2) is 0 Å². The van der Waals surface area contributed by atoms with Crippen molar-refractivity contribution >= 4 is 28.8 Å². The Bertz CT molecular complexity index is 754. The molecule has 0 saturated heterocycles. The minimum absolute atomic E-state index is 0.00533. The lowest BCUT2D eigenvalue weighted by Gasteiger charge is -2.11. The van der Waals surface area contributed by atoms with Crippen molar-refractivity contribution in [3.63, 3.8) is 0 Å². The number of benzene rings is 1. The standard InChI is InChI=1S/C17H15FN2O3S/c1-2-9-23-14-6-5-12(18)11-13(14)20-16(21)7-8-19-17(22)15-4-3-10-24-15/h1,3-6,10-11H,7-9H2,(H,19,22)(H,20,21). The molecule has 1 aromatic heterocycles. The summed E-state index contributed by atoms with van der Waals surface area (Å²) in [4.78, 5) is 24.3. The van der Waals surface area contributed by atoms with Crippen molar-refractivity contribution < 1.29 is 18.7 Å². The molecule has 2 rings (SSSR count).